The van der Waals surface area contributed by atoms with Crippen LogP contribution >= 0.6 is 0 Å². The first-order valence-corrected chi connectivity index (χ1v) is 20.1. The predicted molar refractivity (Wildman–Crippen MR) is 193 cm³/mol. The molecule has 48 heavy (non-hydrogen) atoms. The standard InChI is InChI=1S/C42H68F2O4/c1-3-5-7-9-11-13-15-39(43)41(45)47-37-29-25-35(26-30-37)23-21-33-17-19-34(20-18-33)22-24-36-27-31-38(32-28-36)48-42(46)40(44)16-14-12-10-8-6-4-2/h17-20,35-40H,3-16,21-32H2,1-2H3/t35?,36?,37?,38?,39-,40-/m0/s1. The molecule has 0 aromatic heterocycles. The van der Waals surface area contributed by atoms with E-state index in [1.165, 1.54) is 49.7 Å². The summed E-state index contributed by atoms with van der Waals surface area (Å²) >= 11 is 0. The topological polar surface area (TPSA) is 52.6 Å². The minimum atomic E-state index is -1.47. The van der Waals surface area contributed by atoms with Gasteiger partial charge in [-0.15, -0.1) is 0 Å². The van der Waals surface area contributed by atoms with Crippen molar-refractivity contribution in [1.29, 1.82) is 0 Å². The zero-order valence-electron chi connectivity index (χ0n) is 30.5. The second kappa shape index (κ2) is 24.2. The van der Waals surface area contributed by atoms with Crippen LogP contribution in [-0.4, -0.2) is 36.5 Å². The van der Waals surface area contributed by atoms with Crippen molar-refractivity contribution < 1.29 is 27.8 Å². The van der Waals surface area contributed by atoms with Crippen molar-refractivity contribution in [2.45, 2.75) is 205 Å². The Labute approximate surface area is 291 Å². The molecule has 0 amide bonds. The number of ether oxygens (including phenoxy) is 2. The van der Waals surface area contributed by atoms with Gasteiger partial charge in [0, 0.05) is 0 Å². The highest BCUT2D eigenvalue weighted by Crippen LogP contribution is 2.32. The summed E-state index contributed by atoms with van der Waals surface area (Å²) in [6.45, 7) is 4.37. The number of halogens is 2. The van der Waals surface area contributed by atoms with Crippen LogP contribution in [0, 0.1) is 11.8 Å². The molecule has 0 saturated heterocycles. The summed E-state index contributed by atoms with van der Waals surface area (Å²) in [4.78, 5) is 24.5. The first kappa shape index (κ1) is 40.4. The van der Waals surface area contributed by atoms with Gasteiger partial charge in [0.25, 0.3) is 0 Å². The maximum Gasteiger partial charge on any atom is 0.340 e. The molecular formula is C42H68F2O4. The Morgan fingerprint density at radius 2 is 0.896 bits per heavy atom. The highest BCUT2D eigenvalue weighted by Gasteiger charge is 2.28. The molecule has 0 heterocycles. The third-order valence-corrected chi connectivity index (χ3v) is 11.0. The fraction of sp³-hybridized carbons (Fsp3) is 0.810. The minimum absolute atomic E-state index is 0.122. The van der Waals surface area contributed by atoms with Gasteiger partial charge >= 0.3 is 11.9 Å². The van der Waals surface area contributed by atoms with E-state index in [4.69, 9.17) is 9.47 Å². The number of carbonyl (C=O) groups excluding carboxylic acids is 2. The lowest BCUT2D eigenvalue weighted by molar-refractivity contribution is -0.158. The molecule has 6 heteroatoms. The molecule has 0 spiro atoms. The lowest BCUT2D eigenvalue weighted by Crippen LogP contribution is -2.29. The van der Waals surface area contributed by atoms with Gasteiger partial charge in [0.1, 0.15) is 12.2 Å². The van der Waals surface area contributed by atoms with E-state index in [1.807, 2.05) is 0 Å². The molecule has 1 aromatic carbocycles. The Morgan fingerprint density at radius 3 is 1.25 bits per heavy atom. The number of alkyl halides is 2. The molecule has 3 rings (SSSR count). The molecule has 0 aliphatic heterocycles. The normalized spacial score (nSPS) is 22.6. The molecule has 2 aliphatic carbocycles. The quantitative estimate of drug-likeness (QED) is 0.0809. The van der Waals surface area contributed by atoms with E-state index in [-0.39, 0.29) is 12.2 Å². The Kier molecular flexibility index (Phi) is 20.4. The fourth-order valence-electron chi connectivity index (χ4n) is 7.61. The van der Waals surface area contributed by atoms with Gasteiger partial charge in [-0.2, -0.15) is 0 Å². The SMILES string of the molecule is CCCCCCCC[C@H](F)C(=O)OC1CCC(CCc2ccc(CCC3CCC(OC(=O)[C@@H](F)CCCCCCCC)CC3)cc2)CC1. The second-order valence-electron chi connectivity index (χ2n) is 15.1. The Bertz CT molecular complexity index is 903. The van der Waals surface area contributed by atoms with Crippen LogP contribution in [0.25, 0.3) is 0 Å². The number of rotatable bonds is 24. The summed E-state index contributed by atoms with van der Waals surface area (Å²) in [6, 6.07) is 9.07. The molecular weight excluding hydrogens is 606 g/mol. The summed E-state index contributed by atoms with van der Waals surface area (Å²) in [7, 11) is 0. The van der Waals surface area contributed by atoms with E-state index >= 15 is 0 Å². The number of hydrogen-bond acceptors (Lipinski definition) is 4. The minimum Gasteiger partial charge on any atom is -0.460 e. The number of carbonyl (C=O) groups is 2. The van der Waals surface area contributed by atoms with Crippen molar-refractivity contribution in [3.63, 3.8) is 0 Å². The van der Waals surface area contributed by atoms with E-state index in [9.17, 15) is 18.4 Å². The van der Waals surface area contributed by atoms with Crippen LogP contribution in [0.15, 0.2) is 24.3 Å². The lowest BCUT2D eigenvalue weighted by atomic mass is 9.83. The number of aryl methyl sites for hydroxylation is 2. The summed E-state index contributed by atoms with van der Waals surface area (Å²) in [5.41, 5.74) is 2.74. The smallest absolute Gasteiger partial charge is 0.340 e. The molecule has 2 fully saturated rings. The van der Waals surface area contributed by atoms with Crippen LogP contribution in [0.2, 0.25) is 0 Å². The van der Waals surface area contributed by atoms with Crippen molar-refractivity contribution in [2.24, 2.45) is 11.8 Å². The maximum absolute atomic E-state index is 14.3. The molecule has 2 atom stereocenters. The van der Waals surface area contributed by atoms with Crippen molar-refractivity contribution >= 4 is 11.9 Å². The van der Waals surface area contributed by atoms with Crippen LogP contribution in [0.5, 0.6) is 0 Å². The van der Waals surface area contributed by atoms with Crippen LogP contribution in [0.3, 0.4) is 0 Å². The summed E-state index contributed by atoms with van der Waals surface area (Å²) in [5, 5.41) is 0. The Morgan fingerprint density at radius 1 is 0.562 bits per heavy atom. The van der Waals surface area contributed by atoms with Gasteiger partial charge < -0.3 is 9.47 Å². The third-order valence-electron chi connectivity index (χ3n) is 11.0. The molecule has 2 aliphatic rings. The molecule has 2 saturated carbocycles. The van der Waals surface area contributed by atoms with Crippen molar-refractivity contribution in [1.82, 2.24) is 0 Å². The predicted octanol–water partition coefficient (Wildman–Crippen LogP) is 11.9. The van der Waals surface area contributed by atoms with Gasteiger partial charge in [-0.25, -0.2) is 18.4 Å². The number of benzene rings is 1. The number of esters is 2. The van der Waals surface area contributed by atoms with Crippen molar-refractivity contribution in [2.75, 3.05) is 0 Å². The summed E-state index contributed by atoms with van der Waals surface area (Å²) in [5.74, 6) is -0.0271. The summed E-state index contributed by atoms with van der Waals surface area (Å²) in [6.07, 6.45) is 22.3. The monoisotopic (exact) mass is 675 g/mol. The average Bonchev–Trinajstić information content (AvgIpc) is 3.10. The largest absolute Gasteiger partial charge is 0.460 e. The van der Waals surface area contributed by atoms with Crippen LogP contribution in [0.4, 0.5) is 8.78 Å². The fourth-order valence-corrected chi connectivity index (χ4v) is 7.61. The first-order valence-electron chi connectivity index (χ1n) is 20.1. The van der Waals surface area contributed by atoms with E-state index in [0.717, 1.165) is 116 Å². The first-order chi connectivity index (χ1) is 23.4. The Balaban J connectivity index is 1.22. The molecule has 1 aromatic rings. The molecule has 0 radical (unpaired) electrons. The van der Waals surface area contributed by atoms with Gasteiger partial charge in [0.05, 0.1) is 0 Å². The van der Waals surface area contributed by atoms with Gasteiger partial charge in [0.15, 0.2) is 12.3 Å². The van der Waals surface area contributed by atoms with Gasteiger partial charge in [0.2, 0.25) is 0 Å². The van der Waals surface area contributed by atoms with Crippen LogP contribution in [0.1, 0.15) is 179 Å². The van der Waals surface area contributed by atoms with E-state index in [1.54, 1.807) is 0 Å². The third kappa shape index (κ3) is 16.6. The zero-order valence-corrected chi connectivity index (χ0v) is 30.5. The van der Waals surface area contributed by atoms with Crippen molar-refractivity contribution in [3.05, 3.63) is 35.4 Å². The van der Waals surface area contributed by atoms with Crippen molar-refractivity contribution in [3.8, 4) is 0 Å². The highest BCUT2D eigenvalue weighted by molar-refractivity contribution is 5.75. The molecule has 0 N–H and O–H groups in total. The molecule has 0 bridgehead atoms. The van der Waals surface area contributed by atoms with Gasteiger partial charge in [-0.1, -0.05) is 102 Å². The van der Waals surface area contributed by atoms with Crippen LogP contribution in [-0.2, 0) is 31.9 Å². The molecule has 4 nitrogen and oxygen atoms in total. The van der Waals surface area contributed by atoms with E-state index < -0.39 is 24.3 Å². The highest BCUT2D eigenvalue weighted by atomic mass is 19.1. The Hall–Kier alpha value is -1.98. The van der Waals surface area contributed by atoms with Gasteiger partial charge in [-0.05, 0) is 126 Å². The van der Waals surface area contributed by atoms with E-state index in [0.29, 0.717) is 24.7 Å². The second-order valence-corrected chi connectivity index (χ2v) is 15.1. The maximum atomic E-state index is 14.3. The van der Waals surface area contributed by atoms with E-state index in [2.05, 4.69) is 38.1 Å². The zero-order chi connectivity index (χ0) is 34.4. The van der Waals surface area contributed by atoms with Gasteiger partial charge in [-0.3, -0.25) is 0 Å². The molecule has 274 valence electrons. The molecule has 0 unspecified atom stereocenters. The van der Waals surface area contributed by atoms with Crippen LogP contribution < -0.4 is 0 Å². The number of hydrogen-bond donors (Lipinski definition) is 0. The average molecular weight is 675 g/mol. The number of unbranched alkanes of at least 4 members (excludes halogenated alkanes) is 10. The lowest BCUT2D eigenvalue weighted by Gasteiger charge is -2.29. The summed E-state index contributed by atoms with van der Waals surface area (Å²) < 4.78 is 39.7.